The number of hydrogen-bond donors (Lipinski definition) is 1. The predicted molar refractivity (Wildman–Crippen MR) is 78.8 cm³/mol. The third-order valence-corrected chi connectivity index (χ3v) is 4.36. The van der Waals surface area contributed by atoms with Crippen LogP contribution in [0.5, 0.6) is 0 Å². The van der Waals surface area contributed by atoms with E-state index in [1.165, 1.54) is 6.07 Å². The van der Waals surface area contributed by atoms with Gasteiger partial charge in [-0.05, 0) is 40.4 Å². The van der Waals surface area contributed by atoms with Crippen LogP contribution in [0.15, 0.2) is 47.8 Å². The minimum Gasteiger partial charge on any atom is -0.324 e. The van der Waals surface area contributed by atoms with Crippen LogP contribution in [0.1, 0.15) is 17.2 Å². The molecule has 0 amide bonds. The van der Waals surface area contributed by atoms with Gasteiger partial charge in [0.25, 0.3) is 0 Å². The maximum Gasteiger partial charge on any atom is 0.162 e. The molecule has 0 saturated heterocycles. The molecule has 0 radical (unpaired) electrons. The third kappa shape index (κ3) is 2.32. The average molecular weight is 289 g/mol. The minimum atomic E-state index is -0.830. The van der Waals surface area contributed by atoms with Crippen molar-refractivity contribution in [1.29, 1.82) is 0 Å². The second-order valence-corrected chi connectivity index (χ2v) is 5.63. The molecule has 0 spiro atoms. The number of halogens is 2. The fourth-order valence-electron chi connectivity index (χ4n) is 2.36. The Labute approximate surface area is 119 Å². The lowest BCUT2D eigenvalue weighted by Gasteiger charge is -2.14. The summed E-state index contributed by atoms with van der Waals surface area (Å²) < 4.78 is 28.0. The molecule has 1 unspecified atom stereocenters. The monoisotopic (exact) mass is 289 g/mol. The summed E-state index contributed by atoms with van der Waals surface area (Å²) in [6.45, 7) is 0. The molecule has 102 valence electrons. The average Bonchev–Trinajstić information content (AvgIpc) is 2.92. The van der Waals surface area contributed by atoms with Crippen LogP contribution >= 0.6 is 11.3 Å². The molecule has 4 heteroatoms. The van der Waals surface area contributed by atoms with Crippen LogP contribution in [0, 0.1) is 11.6 Å². The van der Waals surface area contributed by atoms with Crippen LogP contribution in [0.4, 0.5) is 8.78 Å². The number of rotatable bonds is 3. The molecule has 1 heterocycles. The molecule has 0 aliphatic carbocycles. The van der Waals surface area contributed by atoms with Crippen molar-refractivity contribution in [3.8, 4) is 0 Å². The van der Waals surface area contributed by atoms with Crippen LogP contribution < -0.4 is 5.73 Å². The molecule has 0 bridgehead atoms. The smallest absolute Gasteiger partial charge is 0.162 e. The standard InChI is InChI=1S/C16H13F2NS/c17-13-6-2-4-11(15(13)18)9-14(19)12-5-1-3-10-7-8-20-16(10)12/h1-8,14H,9,19H2. The maximum absolute atomic E-state index is 13.7. The number of thiophene rings is 1. The predicted octanol–water partition coefficient (Wildman–Crippen LogP) is 4.42. The Kier molecular flexibility index (Phi) is 3.51. The lowest BCUT2D eigenvalue weighted by atomic mass is 9.98. The van der Waals surface area contributed by atoms with Gasteiger partial charge in [0.2, 0.25) is 0 Å². The molecule has 0 aliphatic rings. The summed E-state index contributed by atoms with van der Waals surface area (Å²) in [6.07, 6.45) is 0.278. The van der Waals surface area contributed by atoms with Crippen molar-refractivity contribution >= 4 is 21.4 Å². The van der Waals surface area contributed by atoms with Gasteiger partial charge in [0, 0.05) is 10.7 Å². The maximum atomic E-state index is 13.7. The Bertz CT molecular complexity index is 751. The van der Waals surface area contributed by atoms with Gasteiger partial charge in [-0.15, -0.1) is 11.3 Å². The third-order valence-electron chi connectivity index (χ3n) is 3.38. The first-order valence-electron chi connectivity index (χ1n) is 6.31. The highest BCUT2D eigenvalue weighted by molar-refractivity contribution is 7.17. The quantitative estimate of drug-likeness (QED) is 0.758. The van der Waals surface area contributed by atoms with Crippen molar-refractivity contribution in [3.63, 3.8) is 0 Å². The Morgan fingerprint density at radius 3 is 2.70 bits per heavy atom. The van der Waals surface area contributed by atoms with Crippen LogP contribution in [-0.2, 0) is 6.42 Å². The van der Waals surface area contributed by atoms with Crippen molar-refractivity contribution in [3.05, 3.63) is 70.6 Å². The van der Waals surface area contributed by atoms with E-state index in [4.69, 9.17) is 5.73 Å². The zero-order valence-corrected chi connectivity index (χ0v) is 11.5. The van der Waals surface area contributed by atoms with Crippen molar-refractivity contribution in [2.45, 2.75) is 12.5 Å². The van der Waals surface area contributed by atoms with Gasteiger partial charge in [0.15, 0.2) is 11.6 Å². The number of benzene rings is 2. The summed E-state index contributed by atoms with van der Waals surface area (Å²) in [7, 11) is 0. The fraction of sp³-hybridized carbons (Fsp3) is 0.125. The highest BCUT2D eigenvalue weighted by Crippen LogP contribution is 2.30. The highest BCUT2D eigenvalue weighted by Gasteiger charge is 2.15. The molecule has 1 nitrogen and oxygen atoms in total. The molecule has 1 atom stereocenters. The van der Waals surface area contributed by atoms with E-state index < -0.39 is 11.6 Å². The molecular formula is C16H13F2NS. The Hall–Kier alpha value is -1.78. The molecule has 1 aromatic heterocycles. The van der Waals surface area contributed by atoms with E-state index in [-0.39, 0.29) is 12.5 Å². The lowest BCUT2D eigenvalue weighted by molar-refractivity contribution is 0.494. The Morgan fingerprint density at radius 1 is 1.05 bits per heavy atom. The molecule has 2 aromatic carbocycles. The van der Waals surface area contributed by atoms with Gasteiger partial charge in [-0.3, -0.25) is 0 Å². The Morgan fingerprint density at radius 2 is 1.85 bits per heavy atom. The SMILES string of the molecule is NC(Cc1cccc(F)c1F)c1cccc2ccsc12. The van der Waals surface area contributed by atoms with Crippen molar-refractivity contribution < 1.29 is 8.78 Å². The topological polar surface area (TPSA) is 26.0 Å². The van der Waals surface area contributed by atoms with Crippen molar-refractivity contribution in [2.24, 2.45) is 5.73 Å². The lowest BCUT2D eigenvalue weighted by Crippen LogP contribution is -2.14. The zero-order chi connectivity index (χ0) is 14.1. The zero-order valence-electron chi connectivity index (χ0n) is 10.6. The minimum absolute atomic E-state index is 0.278. The first-order valence-corrected chi connectivity index (χ1v) is 7.19. The summed E-state index contributed by atoms with van der Waals surface area (Å²) in [6, 6.07) is 11.8. The van der Waals surface area contributed by atoms with Gasteiger partial charge in [-0.25, -0.2) is 8.78 Å². The van der Waals surface area contributed by atoms with Crippen LogP contribution in [0.25, 0.3) is 10.1 Å². The van der Waals surface area contributed by atoms with Crippen molar-refractivity contribution in [2.75, 3.05) is 0 Å². The Balaban J connectivity index is 1.95. The van der Waals surface area contributed by atoms with Gasteiger partial charge in [0.05, 0.1) is 0 Å². The van der Waals surface area contributed by atoms with E-state index in [2.05, 4.69) is 0 Å². The molecule has 0 fully saturated rings. The molecule has 20 heavy (non-hydrogen) atoms. The van der Waals surface area contributed by atoms with Crippen LogP contribution in [-0.4, -0.2) is 0 Å². The molecule has 3 aromatic rings. The fourth-order valence-corrected chi connectivity index (χ4v) is 3.34. The molecule has 3 rings (SSSR count). The second kappa shape index (κ2) is 5.31. The first-order chi connectivity index (χ1) is 9.66. The van der Waals surface area contributed by atoms with Gasteiger partial charge >= 0.3 is 0 Å². The van der Waals surface area contributed by atoms with Crippen LogP contribution in [0.2, 0.25) is 0 Å². The number of nitrogens with two attached hydrogens (primary N) is 1. The van der Waals surface area contributed by atoms with Gasteiger partial charge in [-0.1, -0.05) is 30.3 Å². The summed E-state index contributed by atoms with van der Waals surface area (Å²) in [4.78, 5) is 0. The summed E-state index contributed by atoms with van der Waals surface area (Å²) in [5.41, 5.74) is 7.47. The summed E-state index contributed by atoms with van der Waals surface area (Å²) >= 11 is 1.61. The van der Waals surface area contributed by atoms with E-state index >= 15 is 0 Å². The largest absolute Gasteiger partial charge is 0.324 e. The van der Waals surface area contributed by atoms with E-state index in [9.17, 15) is 8.78 Å². The van der Waals surface area contributed by atoms with E-state index in [1.807, 2.05) is 29.6 Å². The first kappa shape index (κ1) is 13.2. The summed E-state index contributed by atoms with van der Waals surface area (Å²) in [5.74, 6) is -1.63. The molecule has 0 saturated carbocycles. The number of hydrogen-bond acceptors (Lipinski definition) is 2. The van der Waals surface area contributed by atoms with Gasteiger partial charge in [-0.2, -0.15) is 0 Å². The van der Waals surface area contributed by atoms with Gasteiger partial charge in [0.1, 0.15) is 0 Å². The van der Waals surface area contributed by atoms with Gasteiger partial charge < -0.3 is 5.73 Å². The van der Waals surface area contributed by atoms with Crippen molar-refractivity contribution in [1.82, 2.24) is 0 Å². The molecular weight excluding hydrogens is 276 g/mol. The van der Waals surface area contributed by atoms with Crippen LogP contribution in [0.3, 0.4) is 0 Å². The molecule has 2 N–H and O–H groups in total. The second-order valence-electron chi connectivity index (χ2n) is 4.71. The highest BCUT2D eigenvalue weighted by atomic mass is 32.1. The van der Waals surface area contributed by atoms with E-state index in [0.717, 1.165) is 21.7 Å². The normalized spacial score (nSPS) is 12.8. The van der Waals surface area contributed by atoms with E-state index in [0.29, 0.717) is 5.56 Å². The summed E-state index contributed by atoms with van der Waals surface area (Å²) in [5, 5.41) is 3.13. The van der Waals surface area contributed by atoms with E-state index in [1.54, 1.807) is 17.4 Å². The molecule has 0 aliphatic heterocycles. The number of fused-ring (bicyclic) bond motifs is 1.